The van der Waals surface area contributed by atoms with Gasteiger partial charge in [0.1, 0.15) is 5.82 Å². The van der Waals surface area contributed by atoms with Gasteiger partial charge in [-0.15, -0.1) is 11.8 Å². The van der Waals surface area contributed by atoms with Gasteiger partial charge in [0.25, 0.3) is 0 Å². The van der Waals surface area contributed by atoms with Crippen LogP contribution in [0.1, 0.15) is 11.1 Å². The highest BCUT2D eigenvalue weighted by Crippen LogP contribution is 2.37. The van der Waals surface area contributed by atoms with Gasteiger partial charge in [-0.2, -0.15) is 0 Å². The quantitative estimate of drug-likeness (QED) is 0.840. The highest BCUT2D eigenvalue weighted by atomic mass is 35.5. The molecule has 2 aromatic carbocycles. The monoisotopic (exact) mass is 306 g/mol. The molecule has 0 bridgehead atoms. The van der Waals surface area contributed by atoms with E-state index < -0.39 is 0 Å². The third kappa shape index (κ3) is 2.74. The Labute approximate surface area is 126 Å². The first-order valence-electron chi connectivity index (χ1n) is 6.34. The van der Waals surface area contributed by atoms with Crippen molar-refractivity contribution in [2.24, 2.45) is 0 Å². The Bertz CT molecular complexity index is 646. The number of carbonyl (C=O) groups is 1. The van der Waals surface area contributed by atoms with Gasteiger partial charge in [0, 0.05) is 16.3 Å². The van der Waals surface area contributed by atoms with Gasteiger partial charge < -0.3 is 0 Å². The lowest BCUT2D eigenvalue weighted by atomic mass is 10.0. The summed E-state index contributed by atoms with van der Waals surface area (Å²) in [7, 11) is 0. The van der Waals surface area contributed by atoms with Crippen LogP contribution in [0.15, 0.2) is 47.4 Å². The number of thioether (sulfide) groups is 1. The number of hydrogen-bond acceptors (Lipinski definition) is 2. The highest BCUT2D eigenvalue weighted by Gasteiger charge is 2.28. The number of ketones is 1. The van der Waals surface area contributed by atoms with Crippen molar-refractivity contribution in [1.29, 1.82) is 0 Å². The number of benzene rings is 2. The van der Waals surface area contributed by atoms with Gasteiger partial charge >= 0.3 is 0 Å². The Balaban J connectivity index is 1.74. The van der Waals surface area contributed by atoms with Crippen molar-refractivity contribution in [1.82, 2.24) is 0 Å². The van der Waals surface area contributed by atoms with E-state index in [1.165, 1.54) is 23.8 Å². The normalized spacial score (nSPS) is 17.0. The van der Waals surface area contributed by atoms with Crippen LogP contribution in [0, 0.1) is 5.82 Å². The van der Waals surface area contributed by atoms with Gasteiger partial charge in [0.05, 0.1) is 5.25 Å². The third-order valence-electron chi connectivity index (χ3n) is 3.38. The molecule has 4 heteroatoms. The molecular formula is C16H12ClFOS. The van der Waals surface area contributed by atoms with Crippen molar-refractivity contribution < 1.29 is 9.18 Å². The van der Waals surface area contributed by atoms with E-state index >= 15 is 0 Å². The zero-order valence-electron chi connectivity index (χ0n) is 10.6. The largest absolute Gasteiger partial charge is 0.298 e. The van der Waals surface area contributed by atoms with Crippen molar-refractivity contribution in [2.75, 3.05) is 0 Å². The summed E-state index contributed by atoms with van der Waals surface area (Å²) in [5, 5.41) is 0.336. The van der Waals surface area contributed by atoms with Gasteiger partial charge in [-0.05, 0) is 41.8 Å². The first kappa shape index (κ1) is 13.7. The Morgan fingerprint density at radius 3 is 2.90 bits per heavy atom. The van der Waals surface area contributed by atoms with Crippen LogP contribution in [0.4, 0.5) is 4.39 Å². The first-order valence-corrected chi connectivity index (χ1v) is 7.60. The Kier molecular flexibility index (Phi) is 3.81. The molecule has 1 nitrogen and oxygen atoms in total. The summed E-state index contributed by atoms with van der Waals surface area (Å²) in [6.07, 6.45) is 0.819. The van der Waals surface area contributed by atoms with E-state index in [1.54, 1.807) is 11.8 Å². The minimum absolute atomic E-state index is 0.0485. The van der Waals surface area contributed by atoms with E-state index in [-0.39, 0.29) is 23.3 Å². The standard InChI is InChI=1S/C16H12ClFOS/c17-12-5-6-13(18)11(7-12)8-14(19)16-9-10-3-1-2-4-15(10)20-16/h1-7,16H,8-9H2. The lowest BCUT2D eigenvalue weighted by Crippen LogP contribution is -2.19. The van der Waals surface area contributed by atoms with Gasteiger partial charge in [0.2, 0.25) is 0 Å². The molecular weight excluding hydrogens is 295 g/mol. The maximum absolute atomic E-state index is 13.7. The van der Waals surface area contributed by atoms with Crippen LogP contribution in [-0.4, -0.2) is 11.0 Å². The summed E-state index contributed by atoms with van der Waals surface area (Å²) in [5.41, 5.74) is 1.57. The fourth-order valence-corrected chi connectivity index (χ4v) is 3.78. The lowest BCUT2D eigenvalue weighted by molar-refractivity contribution is -0.117. The summed E-state index contributed by atoms with van der Waals surface area (Å²) < 4.78 is 13.7. The second-order valence-electron chi connectivity index (χ2n) is 4.80. The molecule has 2 aromatic rings. The van der Waals surface area contributed by atoms with Crippen LogP contribution >= 0.6 is 23.4 Å². The van der Waals surface area contributed by atoms with Gasteiger partial charge in [-0.1, -0.05) is 29.8 Å². The molecule has 1 atom stereocenters. The minimum Gasteiger partial charge on any atom is -0.298 e. The van der Waals surface area contributed by atoms with Crippen molar-refractivity contribution >= 4 is 29.1 Å². The van der Waals surface area contributed by atoms with Crippen LogP contribution in [0.3, 0.4) is 0 Å². The molecule has 0 aromatic heterocycles. The van der Waals surface area contributed by atoms with Crippen LogP contribution in [0.5, 0.6) is 0 Å². The SMILES string of the molecule is O=C(Cc1cc(Cl)ccc1F)C1Cc2ccccc2S1. The first-order chi connectivity index (χ1) is 9.63. The van der Waals surface area contributed by atoms with Crippen LogP contribution in [0.2, 0.25) is 5.02 Å². The summed E-state index contributed by atoms with van der Waals surface area (Å²) in [6, 6.07) is 12.3. The number of rotatable bonds is 3. The molecule has 102 valence electrons. The second-order valence-corrected chi connectivity index (χ2v) is 6.48. The summed E-state index contributed by atoms with van der Waals surface area (Å²) in [5.74, 6) is -0.323. The fourth-order valence-electron chi connectivity index (χ4n) is 2.34. The van der Waals surface area contributed by atoms with Crippen molar-refractivity contribution in [3.8, 4) is 0 Å². The van der Waals surface area contributed by atoms with Gasteiger partial charge in [0.15, 0.2) is 5.78 Å². The molecule has 1 unspecified atom stereocenters. The number of Topliss-reactive ketones (excluding diaryl/α,β-unsaturated/α-hetero) is 1. The predicted molar refractivity (Wildman–Crippen MR) is 79.9 cm³/mol. The maximum atomic E-state index is 13.7. The number of fused-ring (bicyclic) bond motifs is 1. The average molecular weight is 307 g/mol. The molecule has 1 aliphatic heterocycles. The average Bonchev–Trinajstić information content (AvgIpc) is 2.87. The molecule has 0 radical (unpaired) electrons. The molecule has 0 fully saturated rings. The van der Waals surface area contributed by atoms with E-state index in [2.05, 4.69) is 0 Å². The molecule has 0 amide bonds. The van der Waals surface area contributed by atoms with Crippen molar-refractivity contribution in [3.63, 3.8) is 0 Å². The molecule has 0 N–H and O–H groups in total. The Morgan fingerprint density at radius 2 is 2.10 bits per heavy atom. The summed E-state index contributed by atoms with van der Waals surface area (Å²) >= 11 is 7.42. The zero-order chi connectivity index (χ0) is 14.1. The highest BCUT2D eigenvalue weighted by molar-refractivity contribution is 8.01. The van der Waals surface area contributed by atoms with E-state index in [9.17, 15) is 9.18 Å². The molecule has 0 aliphatic carbocycles. The maximum Gasteiger partial charge on any atom is 0.150 e. The molecule has 1 heterocycles. The molecule has 0 spiro atoms. The number of carbonyl (C=O) groups excluding carboxylic acids is 1. The molecule has 0 saturated carbocycles. The molecule has 1 aliphatic rings. The van der Waals surface area contributed by atoms with E-state index in [0.29, 0.717) is 10.6 Å². The van der Waals surface area contributed by atoms with E-state index in [1.807, 2.05) is 24.3 Å². The topological polar surface area (TPSA) is 17.1 Å². The number of halogens is 2. The second kappa shape index (κ2) is 5.58. The van der Waals surface area contributed by atoms with Crippen molar-refractivity contribution in [2.45, 2.75) is 23.0 Å². The van der Waals surface area contributed by atoms with Gasteiger partial charge in [-0.3, -0.25) is 4.79 Å². The van der Waals surface area contributed by atoms with E-state index in [0.717, 1.165) is 11.3 Å². The number of hydrogen-bond donors (Lipinski definition) is 0. The smallest absolute Gasteiger partial charge is 0.150 e. The summed E-state index contributed by atoms with van der Waals surface area (Å²) in [6.45, 7) is 0. The minimum atomic E-state index is -0.372. The van der Waals surface area contributed by atoms with Crippen LogP contribution < -0.4 is 0 Å². The summed E-state index contributed by atoms with van der Waals surface area (Å²) in [4.78, 5) is 13.5. The molecule has 0 saturated heterocycles. The molecule has 3 rings (SSSR count). The third-order valence-corrected chi connectivity index (χ3v) is 4.98. The van der Waals surface area contributed by atoms with Crippen LogP contribution in [-0.2, 0) is 17.6 Å². The Morgan fingerprint density at radius 1 is 1.30 bits per heavy atom. The van der Waals surface area contributed by atoms with Gasteiger partial charge in [-0.25, -0.2) is 4.39 Å². The predicted octanol–water partition coefficient (Wildman–Crippen LogP) is 4.31. The lowest BCUT2D eigenvalue weighted by Gasteiger charge is -2.08. The Hall–Kier alpha value is -1.32. The van der Waals surface area contributed by atoms with Crippen molar-refractivity contribution in [3.05, 3.63) is 64.4 Å². The fraction of sp³-hybridized carbons (Fsp3) is 0.188. The zero-order valence-corrected chi connectivity index (χ0v) is 12.2. The molecule has 20 heavy (non-hydrogen) atoms. The van der Waals surface area contributed by atoms with E-state index in [4.69, 9.17) is 11.6 Å². The van der Waals surface area contributed by atoms with Crippen LogP contribution in [0.25, 0.3) is 0 Å².